The first-order valence-electron chi connectivity index (χ1n) is 6.73. The Bertz CT molecular complexity index is 352. The third kappa shape index (κ3) is 4.57. The van der Waals surface area contributed by atoms with Gasteiger partial charge in [0.1, 0.15) is 6.10 Å². The van der Waals surface area contributed by atoms with Crippen LogP contribution in [-0.4, -0.2) is 26.3 Å². The number of methoxy groups -OCH3 is 1. The van der Waals surface area contributed by atoms with Crippen LogP contribution < -0.4 is 14.8 Å². The van der Waals surface area contributed by atoms with Crippen LogP contribution in [0.4, 0.5) is 0 Å². The standard InChI is InChI=1S/C15H25NO2/c1-5-9-16-11-13(6-2)18-14-8-7-12(3)10-15(14)17-4/h7-8,10,13,16H,5-6,9,11H2,1-4H3. The first-order valence-corrected chi connectivity index (χ1v) is 6.73. The summed E-state index contributed by atoms with van der Waals surface area (Å²) in [6.45, 7) is 8.26. The molecule has 0 spiro atoms. The lowest BCUT2D eigenvalue weighted by Crippen LogP contribution is -2.31. The number of hydrogen-bond donors (Lipinski definition) is 1. The molecule has 0 amide bonds. The molecule has 0 aliphatic heterocycles. The average molecular weight is 251 g/mol. The predicted molar refractivity (Wildman–Crippen MR) is 75.6 cm³/mol. The van der Waals surface area contributed by atoms with Gasteiger partial charge in [-0.25, -0.2) is 0 Å². The van der Waals surface area contributed by atoms with E-state index in [4.69, 9.17) is 9.47 Å². The van der Waals surface area contributed by atoms with Crippen LogP contribution in [-0.2, 0) is 0 Å². The van der Waals surface area contributed by atoms with Crippen molar-refractivity contribution in [1.82, 2.24) is 5.32 Å². The normalized spacial score (nSPS) is 12.2. The lowest BCUT2D eigenvalue weighted by Gasteiger charge is -2.20. The molecular weight excluding hydrogens is 226 g/mol. The minimum Gasteiger partial charge on any atom is -0.493 e. The van der Waals surface area contributed by atoms with Gasteiger partial charge >= 0.3 is 0 Å². The van der Waals surface area contributed by atoms with E-state index in [0.29, 0.717) is 0 Å². The zero-order valence-electron chi connectivity index (χ0n) is 12.0. The smallest absolute Gasteiger partial charge is 0.161 e. The first-order chi connectivity index (χ1) is 8.71. The van der Waals surface area contributed by atoms with Gasteiger partial charge in [-0.2, -0.15) is 0 Å². The van der Waals surface area contributed by atoms with Crippen LogP contribution in [0.5, 0.6) is 11.5 Å². The number of benzene rings is 1. The molecule has 3 heteroatoms. The van der Waals surface area contributed by atoms with Crippen LogP contribution in [0.25, 0.3) is 0 Å². The Hall–Kier alpha value is -1.22. The Balaban J connectivity index is 2.63. The van der Waals surface area contributed by atoms with Gasteiger partial charge in [0, 0.05) is 6.54 Å². The van der Waals surface area contributed by atoms with Crippen molar-refractivity contribution in [3.8, 4) is 11.5 Å². The highest BCUT2D eigenvalue weighted by Gasteiger charge is 2.11. The van der Waals surface area contributed by atoms with E-state index in [1.54, 1.807) is 7.11 Å². The molecule has 1 aromatic carbocycles. The summed E-state index contributed by atoms with van der Waals surface area (Å²) in [4.78, 5) is 0. The lowest BCUT2D eigenvalue weighted by atomic mass is 10.2. The minimum absolute atomic E-state index is 0.188. The lowest BCUT2D eigenvalue weighted by molar-refractivity contribution is 0.186. The van der Waals surface area contributed by atoms with E-state index in [0.717, 1.165) is 37.4 Å². The van der Waals surface area contributed by atoms with E-state index in [1.807, 2.05) is 25.1 Å². The van der Waals surface area contributed by atoms with Crippen molar-refractivity contribution in [2.24, 2.45) is 0 Å². The molecular formula is C15H25NO2. The van der Waals surface area contributed by atoms with Crippen molar-refractivity contribution >= 4 is 0 Å². The quantitative estimate of drug-likeness (QED) is 0.720. The fraction of sp³-hybridized carbons (Fsp3) is 0.600. The topological polar surface area (TPSA) is 30.5 Å². The fourth-order valence-electron chi connectivity index (χ4n) is 1.76. The van der Waals surface area contributed by atoms with E-state index in [9.17, 15) is 0 Å². The summed E-state index contributed by atoms with van der Waals surface area (Å²) in [6.07, 6.45) is 2.31. The van der Waals surface area contributed by atoms with Gasteiger partial charge in [0.2, 0.25) is 0 Å². The molecule has 18 heavy (non-hydrogen) atoms. The van der Waals surface area contributed by atoms with Crippen molar-refractivity contribution in [3.63, 3.8) is 0 Å². The van der Waals surface area contributed by atoms with Gasteiger partial charge in [0.05, 0.1) is 7.11 Å². The van der Waals surface area contributed by atoms with E-state index < -0.39 is 0 Å². The molecule has 1 atom stereocenters. The molecule has 0 saturated heterocycles. The van der Waals surface area contributed by atoms with Crippen LogP contribution in [0.2, 0.25) is 0 Å². The summed E-state index contributed by atoms with van der Waals surface area (Å²) in [5, 5.41) is 3.39. The highest BCUT2D eigenvalue weighted by molar-refractivity contribution is 5.42. The molecule has 3 nitrogen and oxygen atoms in total. The second-order valence-corrected chi connectivity index (χ2v) is 4.51. The summed E-state index contributed by atoms with van der Waals surface area (Å²) in [7, 11) is 1.68. The third-order valence-corrected chi connectivity index (χ3v) is 2.87. The monoisotopic (exact) mass is 251 g/mol. The predicted octanol–water partition coefficient (Wildman–Crippen LogP) is 3.16. The largest absolute Gasteiger partial charge is 0.493 e. The van der Waals surface area contributed by atoms with Crippen LogP contribution in [0.15, 0.2) is 18.2 Å². The van der Waals surface area contributed by atoms with Crippen molar-refractivity contribution in [2.45, 2.75) is 39.7 Å². The molecule has 102 valence electrons. The Kier molecular flexibility index (Phi) is 6.58. The second kappa shape index (κ2) is 7.98. The Labute approximate surface area is 110 Å². The van der Waals surface area contributed by atoms with E-state index in [2.05, 4.69) is 19.2 Å². The SMILES string of the molecule is CCCNCC(CC)Oc1ccc(C)cc1OC. The van der Waals surface area contributed by atoms with Crippen molar-refractivity contribution in [3.05, 3.63) is 23.8 Å². The number of aryl methyl sites for hydroxylation is 1. The van der Waals surface area contributed by atoms with Crippen LogP contribution in [0.1, 0.15) is 32.3 Å². The van der Waals surface area contributed by atoms with Gasteiger partial charge in [-0.1, -0.05) is 19.9 Å². The van der Waals surface area contributed by atoms with E-state index in [-0.39, 0.29) is 6.10 Å². The molecule has 0 radical (unpaired) electrons. The molecule has 0 heterocycles. The van der Waals surface area contributed by atoms with Crippen molar-refractivity contribution < 1.29 is 9.47 Å². The summed E-state index contributed by atoms with van der Waals surface area (Å²) in [5.74, 6) is 1.64. The highest BCUT2D eigenvalue weighted by atomic mass is 16.5. The highest BCUT2D eigenvalue weighted by Crippen LogP contribution is 2.28. The zero-order chi connectivity index (χ0) is 13.4. The molecule has 1 rings (SSSR count). The number of ether oxygens (including phenoxy) is 2. The van der Waals surface area contributed by atoms with Gasteiger partial charge in [-0.05, 0) is 44.0 Å². The van der Waals surface area contributed by atoms with Crippen LogP contribution in [0.3, 0.4) is 0 Å². The summed E-state index contributed by atoms with van der Waals surface area (Å²) < 4.78 is 11.4. The Morgan fingerprint density at radius 3 is 2.61 bits per heavy atom. The molecule has 0 fully saturated rings. The number of rotatable bonds is 8. The van der Waals surface area contributed by atoms with Gasteiger partial charge in [-0.15, -0.1) is 0 Å². The summed E-state index contributed by atoms with van der Waals surface area (Å²) in [5.41, 5.74) is 1.18. The summed E-state index contributed by atoms with van der Waals surface area (Å²) in [6, 6.07) is 6.03. The van der Waals surface area contributed by atoms with Gasteiger partial charge in [0.25, 0.3) is 0 Å². The molecule has 1 unspecified atom stereocenters. The molecule has 1 N–H and O–H groups in total. The number of hydrogen-bond acceptors (Lipinski definition) is 3. The first kappa shape index (κ1) is 14.8. The molecule has 0 aromatic heterocycles. The average Bonchev–Trinajstić information content (AvgIpc) is 2.39. The molecule has 0 bridgehead atoms. The Morgan fingerprint density at radius 2 is 2.00 bits per heavy atom. The summed E-state index contributed by atoms with van der Waals surface area (Å²) >= 11 is 0. The Morgan fingerprint density at radius 1 is 1.22 bits per heavy atom. The minimum atomic E-state index is 0.188. The van der Waals surface area contributed by atoms with Crippen molar-refractivity contribution in [2.75, 3.05) is 20.2 Å². The fourth-order valence-corrected chi connectivity index (χ4v) is 1.76. The van der Waals surface area contributed by atoms with E-state index >= 15 is 0 Å². The maximum atomic E-state index is 6.00. The second-order valence-electron chi connectivity index (χ2n) is 4.51. The maximum Gasteiger partial charge on any atom is 0.161 e. The molecule has 0 aliphatic carbocycles. The molecule has 0 aliphatic rings. The van der Waals surface area contributed by atoms with E-state index in [1.165, 1.54) is 5.56 Å². The van der Waals surface area contributed by atoms with Gasteiger partial charge in [-0.3, -0.25) is 0 Å². The van der Waals surface area contributed by atoms with Crippen LogP contribution >= 0.6 is 0 Å². The van der Waals surface area contributed by atoms with Gasteiger partial charge < -0.3 is 14.8 Å². The third-order valence-electron chi connectivity index (χ3n) is 2.87. The molecule has 1 aromatic rings. The van der Waals surface area contributed by atoms with Crippen molar-refractivity contribution in [1.29, 1.82) is 0 Å². The van der Waals surface area contributed by atoms with Crippen LogP contribution in [0, 0.1) is 6.92 Å². The maximum absolute atomic E-state index is 6.00. The van der Waals surface area contributed by atoms with Gasteiger partial charge in [0.15, 0.2) is 11.5 Å². The zero-order valence-corrected chi connectivity index (χ0v) is 12.0. The molecule has 0 saturated carbocycles. The number of nitrogens with one attached hydrogen (secondary N) is 1.